The van der Waals surface area contributed by atoms with Gasteiger partial charge in [-0.15, -0.1) is 12.6 Å². The molecule has 0 bridgehead atoms. The Bertz CT molecular complexity index is 1100. The highest BCUT2D eigenvalue weighted by atomic mass is 32.1. The second kappa shape index (κ2) is 7.96. The average Bonchev–Trinajstić information content (AvgIpc) is 3.22. The molecule has 30 heavy (non-hydrogen) atoms. The molecule has 9 nitrogen and oxygen atoms in total. The lowest BCUT2D eigenvalue weighted by Crippen LogP contribution is -2.50. The van der Waals surface area contributed by atoms with Crippen LogP contribution in [0.15, 0.2) is 43.1 Å². The number of carbonyl (C=O) groups is 1. The van der Waals surface area contributed by atoms with Crippen molar-refractivity contribution in [1.82, 2.24) is 24.9 Å². The van der Waals surface area contributed by atoms with Crippen LogP contribution in [0.5, 0.6) is 0 Å². The number of nitrogens with one attached hydrogen (secondary N) is 1. The van der Waals surface area contributed by atoms with Crippen molar-refractivity contribution >= 4 is 40.4 Å². The molecule has 3 heterocycles. The third-order valence-corrected chi connectivity index (χ3v) is 6.00. The fraction of sp³-hybridized carbons (Fsp3) is 0.300. The number of imidazole rings is 1. The number of piperidine rings is 1. The minimum absolute atomic E-state index is 0.325. The summed E-state index contributed by atoms with van der Waals surface area (Å²) < 4.78 is 0. The van der Waals surface area contributed by atoms with E-state index < -0.39 is 5.41 Å². The molecular weight excluding hydrogens is 400 g/mol. The number of nitrogens with zero attached hydrogens (tertiary/aromatic N) is 5. The smallest absolute Gasteiger partial charge is 0.228 e. The third-order valence-electron chi connectivity index (χ3n) is 5.63. The molecule has 0 spiro atoms. The normalized spacial score (nSPS) is 16.6. The minimum Gasteiger partial charge on any atom is -0.369 e. The van der Waals surface area contributed by atoms with Crippen molar-refractivity contribution in [2.24, 2.45) is 11.6 Å². The number of primary amides is 1. The number of carbonyl (C=O) groups excluding carboxylic acids is 1. The molecule has 2 aromatic heterocycles. The third kappa shape index (κ3) is 3.59. The molecule has 0 saturated carbocycles. The number of H-pyrrole nitrogens is 1. The Balaban J connectivity index is 1.63. The number of anilines is 1. The lowest BCUT2D eigenvalue weighted by atomic mass is 9.72. The van der Waals surface area contributed by atoms with Crippen LogP contribution in [0.2, 0.25) is 0 Å². The van der Waals surface area contributed by atoms with Crippen LogP contribution in [0, 0.1) is 0 Å². The Morgan fingerprint density at radius 1 is 1.30 bits per heavy atom. The first-order valence-corrected chi connectivity index (χ1v) is 10.0. The van der Waals surface area contributed by atoms with Crippen LogP contribution in [0.3, 0.4) is 0 Å². The van der Waals surface area contributed by atoms with Gasteiger partial charge in [0.1, 0.15) is 11.8 Å². The largest absolute Gasteiger partial charge is 0.369 e. The van der Waals surface area contributed by atoms with Crippen LogP contribution >= 0.6 is 12.6 Å². The van der Waals surface area contributed by atoms with E-state index in [9.17, 15) is 4.79 Å². The standard InChI is InChI=1S/C20H24N8OS/c1-27(22)10-15(30)13-3-2-4-14(9-13)20(19(21)29)5-7-28(8-6-20)18-16-17(24-11-23-16)25-12-26-18/h2-4,9-12,30H,5-8,22H2,1H3,(H2,21,29)(H,23,24,25,26)/b15-10-. The summed E-state index contributed by atoms with van der Waals surface area (Å²) in [6.45, 7) is 1.26. The molecule has 5 N–H and O–H groups in total. The monoisotopic (exact) mass is 424 g/mol. The van der Waals surface area contributed by atoms with Crippen LogP contribution in [0.25, 0.3) is 16.1 Å². The van der Waals surface area contributed by atoms with E-state index in [1.807, 2.05) is 24.3 Å². The summed E-state index contributed by atoms with van der Waals surface area (Å²) in [5.74, 6) is 6.16. The van der Waals surface area contributed by atoms with E-state index in [1.54, 1.807) is 19.6 Å². The quantitative estimate of drug-likeness (QED) is 0.277. The summed E-state index contributed by atoms with van der Waals surface area (Å²) in [6, 6.07) is 7.78. The molecule has 0 unspecified atom stereocenters. The van der Waals surface area contributed by atoms with Gasteiger partial charge in [0, 0.05) is 31.2 Å². The van der Waals surface area contributed by atoms with Gasteiger partial charge in [-0.2, -0.15) is 0 Å². The lowest BCUT2D eigenvalue weighted by Gasteiger charge is -2.40. The molecule has 0 radical (unpaired) electrons. The zero-order valence-electron chi connectivity index (χ0n) is 16.6. The minimum atomic E-state index is -0.755. The number of fused-ring (bicyclic) bond motifs is 1. The van der Waals surface area contributed by atoms with Gasteiger partial charge in [-0.3, -0.25) is 4.79 Å². The number of aromatic amines is 1. The molecular formula is C20H24N8OS. The van der Waals surface area contributed by atoms with E-state index in [2.05, 4.69) is 37.5 Å². The number of nitrogens with two attached hydrogens (primary N) is 2. The maximum atomic E-state index is 12.6. The number of amides is 1. The van der Waals surface area contributed by atoms with E-state index in [0.717, 1.165) is 22.5 Å². The number of hydrazine groups is 1. The number of aromatic nitrogens is 4. The molecule has 0 aliphatic carbocycles. The van der Waals surface area contributed by atoms with E-state index in [0.29, 0.717) is 36.5 Å². The van der Waals surface area contributed by atoms with Crippen LogP contribution in [-0.4, -0.2) is 51.0 Å². The second-order valence-electron chi connectivity index (χ2n) is 7.49. The second-order valence-corrected chi connectivity index (χ2v) is 7.97. The topological polar surface area (TPSA) is 130 Å². The summed E-state index contributed by atoms with van der Waals surface area (Å²) in [5, 5.41) is 1.44. The van der Waals surface area contributed by atoms with Crippen molar-refractivity contribution in [1.29, 1.82) is 0 Å². The molecule has 156 valence electrons. The van der Waals surface area contributed by atoms with Crippen molar-refractivity contribution in [3.05, 3.63) is 54.2 Å². The maximum absolute atomic E-state index is 12.6. The van der Waals surface area contributed by atoms with Crippen molar-refractivity contribution < 1.29 is 4.79 Å². The molecule has 0 atom stereocenters. The fourth-order valence-electron chi connectivity index (χ4n) is 4.01. The summed E-state index contributed by atoms with van der Waals surface area (Å²) in [4.78, 5) is 31.4. The molecule has 4 rings (SSSR count). The van der Waals surface area contributed by atoms with Crippen LogP contribution in [0.1, 0.15) is 24.0 Å². The van der Waals surface area contributed by atoms with Crippen LogP contribution in [0.4, 0.5) is 5.82 Å². The molecule has 1 amide bonds. The van der Waals surface area contributed by atoms with Crippen LogP contribution < -0.4 is 16.5 Å². The van der Waals surface area contributed by atoms with Crippen molar-refractivity contribution in [3.8, 4) is 0 Å². The van der Waals surface area contributed by atoms with Crippen molar-refractivity contribution in [3.63, 3.8) is 0 Å². The average molecular weight is 425 g/mol. The Hall–Kier alpha value is -3.11. The Morgan fingerprint density at radius 3 is 2.77 bits per heavy atom. The Morgan fingerprint density at radius 2 is 2.07 bits per heavy atom. The van der Waals surface area contributed by atoms with Crippen molar-refractivity contribution in [2.45, 2.75) is 18.3 Å². The van der Waals surface area contributed by atoms with Crippen LogP contribution in [-0.2, 0) is 10.2 Å². The van der Waals surface area contributed by atoms with Gasteiger partial charge in [0.2, 0.25) is 5.91 Å². The van der Waals surface area contributed by atoms with E-state index >= 15 is 0 Å². The number of benzene rings is 1. The predicted molar refractivity (Wildman–Crippen MR) is 119 cm³/mol. The van der Waals surface area contributed by atoms with Gasteiger partial charge < -0.3 is 20.6 Å². The highest BCUT2D eigenvalue weighted by molar-refractivity contribution is 7.90. The molecule has 10 heteroatoms. The predicted octanol–water partition coefficient (Wildman–Crippen LogP) is 1.41. The van der Waals surface area contributed by atoms with E-state index in [1.165, 1.54) is 11.3 Å². The zero-order chi connectivity index (χ0) is 21.3. The van der Waals surface area contributed by atoms with Gasteiger partial charge in [0.25, 0.3) is 0 Å². The van der Waals surface area contributed by atoms with Gasteiger partial charge in [-0.05, 0) is 30.0 Å². The van der Waals surface area contributed by atoms with Gasteiger partial charge in [0.15, 0.2) is 11.5 Å². The molecule has 3 aromatic rings. The maximum Gasteiger partial charge on any atom is 0.228 e. The highest BCUT2D eigenvalue weighted by Crippen LogP contribution is 2.38. The van der Waals surface area contributed by atoms with Gasteiger partial charge in [-0.25, -0.2) is 20.8 Å². The fourth-order valence-corrected chi connectivity index (χ4v) is 4.33. The van der Waals surface area contributed by atoms with Gasteiger partial charge in [-0.1, -0.05) is 18.2 Å². The number of hydrogen-bond acceptors (Lipinski definition) is 8. The molecule has 1 fully saturated rings. The van der Waals surface area contributed by atoms with Gasteiger partial charge in [0.05, 0.1) is 11.7 Å². The summed E-state index contributed by atoms with van der Waals surface area (Å²) >= 11 is 4.53. The van der Waals surface area contributed by atoms with E-state index in [-0.39, 0.29) is 5.91 Å². The summed E-state index contributed by atoms with van der Waals surface area (Å²) in [7, 11) is 1.73. The first-order chi connectivity index (χ1) is 14.4. The molecule has 1 aliphatic rings. The lowest BCUT2D eigenvalue weighted by molar-refractivity contribution is -0.124. The number of thiol groups is 1. The Kier molecular flexibility index (Phi) is 5.35. The number of rotatable bonds is 5. The first kappa shape index (κ1) is 20.2. The zero-order valence-corrected chi connectivity index (χ0v) is 17.5. The SMILES string of the molecule is CN(N)/C=C(\S)c1cccc(C2(C(N)=O)CCN(c3ncnc4nc[nH]c34)CC2)c1. The molecule has 1 aromatic carbocycles. The number of hydrogen-bond donors (Lipinski definition) is 4. The molecule has 1 saturated heterocycles. The Labute approximate surface area is 179 Å². The molecule has 1 aliphatic heterocycles. The first-order valence-electron chi connectivity index (χ1n) is 9.59. The van der Waals surface area contributed by atoms with E-state index in [4.69, 9.17) is 11.6 Å². The van der Waals surface area contributed by atoms with Crippen molar-refractivity contribution in [2.75, 3.05) is 25.0 Å². The van der Waals surface area contributed by atoms with Gasteiger partial charge >= 0.3 is 0 Å². The summed E-state index contributed by atoms with van der Waals surface area (Å²) in [6.07, 6.45) is 5.98. The summed E-state index contributed by atoms with van der Waals surface area (Å²) in [5.41, 5.74) is 8.37. The highest BCUT2D eigenvalue weighted by Gasteiger charge is 2.42.